The molecule has 1 aliphatic heterocycles. The molecule has 4 saturated carbocycles. The maximum Gasteiger partial charge on any atom is 0.307 e. The standard InChI is InChI=1S/C18H29NO2/c1-2-21-17(20)12-18(19-5-3-4-6-19)15-8-13-7-14(10-15)11-16(18)9-13/h13-16H,2-12H2,1H3. The molecule has 5 rings (SSSR count). The third-order valence-electron chi connectivity index (χ3n) is 6.98. The van der Waals surface area contributed by atoms with Gasteiger partial charge in [-0.25, -0.2) is 0 Å². The quantitative estimate of drug-likeness (QED) is 0.745. The summed E-state index contributed by atoms with van der Waals surface area (Å²) >= 11 is 0. The van der Waals surface area contributed by atoms with E-state index >= 15 is 0 Å². The van der Waals surface area contributed by atoms with Gasteiger partial charge in [0.25, 0.3) is 0 Å². The zero-order valence-corrected chi connectivity index (χ0v) is 13.4. The van der Waals surface area contributed by atoms with E-state index in [1.807, 2.05) is 6.92 Å². The lowest BCUT2D eigenvalue weighted by Crippen LogP contribution is -2.66. The molecule has 0 amide bonds. The molecular weight excluding hydrogens is 262 g/mol. The van der Waals surface area contributed by atoms with E-state index in [0.29, 0.717) is 13.0 Å². The van der Waals surface area contributed by atoms with Crippen molar-refractivity contribution in [1.82, 2.24) is 4.90 Å². The van der Waals surface area contributed by atoms with Crippen LogP contribution >= 0.6 is 0 Å². The Morgan fingerprint density at radius 2 is 1.62 bits per heavy atom. The van der Waals surface area contributed by atoms with E-state index in [0.717, 1.165) is 23.7 Å². The Kier molecular flexibility index (Phi) is 3.52. The van der Waals surface area contributed by atoms with E-state index in [1.165, 1.54) is 58.0 Å². The van der Waals surface area contributed by atoms with Gasteiger partial charge in [0.15, 0.2) is 0 Å². The van der Waals surface area contributed by atoms with E-state index in [-0.39, 0.29) is 11.5 Å². The van der Waals surface area contributed by atoms with Crippen molar-refractivity contribution >= 4 is 5.97 Å². The summed E-state index contributed by atoms with van der Waals surface area (Å²) in [5.41, 5.74) is 0.163. The molecule has 0 aromatic rings. The predicted octanol–water partition coefficient (Wildman–Crippen LogP) is 3.23. The first kappa shape index (κ1) is 14.0. The van der Waals surface area contributed by atoms with Crippen LogP contribution < -0.4 is 0 Å². The van der Waals surface area contributed by atoms with Crippen LogP contribution in [0.3, 0.4) is 0 Å². The maximum atomic E-state index is 12.3. The van der Waals surface area contributed by atoms with Crippen LogP contribution in [0.4, 0.5) is 0 Å². The number of ether oxygens (including phenoxy) is 1. The van der Waals surface area contributed by atoms with Gasteiger partial charge in [0.1, 0.15) is 0 Å². The molecule has 1 heterocycles. The number of hydrogen-bond acceptors (Lipinski definition) is 3. The molecule has 0 aromatic heterocycles. The van der Waals surface area contributed by atoms with Gasteiger partial charge in [-0.05, 0) is 88.6 Å². The first-order valence-electron chi connectivity index (χ1n) is 9.13. The summed E-state index contributed by atoms with van der Waals surface area (Å²) in [7, 11) is 0. The third-order valence-corrected chi connectivity index (χ3v) is 6.98. The fraction of sp³-hybridized carbons (Fsp3) is 0.944. The highest BCUT2D eigenvalue weighted by molar-refractivity contribution is 5.71. The monoisotopic (exact) mass is 291 g/mol. The average molecular weight is 291 g/mol. The Hall–Kier alpha value is -0.570. The van der Waals surface area contributed by atoms with Crippen molar-refractivity contribution in [2.75, 3.05) is 19.7 Å². The molecule has 4 bridgehead atoms. The molecule has 5 fully saturated rings. The van der Waals surface area contributed by atoms with Crippen LogP contribution in [0, 0.1) is 23.7 Å². The van der Waals surface area contributed by atoms with Crippen molar-refractivity contribution in [1.29, 1.82) is 0 Å². The largest absolute Gasteiger partial charge is 0.466 e. The van der Waals surface area contributed by atoms with Gasteiger partial charge in [0, 0.05) is 5.54 Å². The van der Waals surface area contributed by atoms with Gasteiger partial charge in [-0.3, -0.25) is 9.69 Å². The Balaban J connectivity index is 1.65. The lowest BCUT2D eigenvalue weighted by molar-refractivity contribution is -0.165. The predicted molar refractivity (Wildman–Crippen MR) is 81.8 cm³/mol. The number of hydrogen-bond donors (Lipinski definition) is 0. The zero-order chi connectivity index (χ0) is 14.4. The molecule has 0 spiro atoms. The van der Waals surface area contributed by atoms with Gasteiger partial charge in [-0.2, -0.15) is 0 Å². The molecule has 0 atom stereocenters. The second-order valence-corrected chi connectivity index (χ2v) is 7.97. The van der Waals surface area contributed by atoms with E-state index in [4.69, 9.17) is 4.74 Å². The highest BCUT2D eigenvalue weighted by Crippen LogP contribution is 2.61. The summed E-state index contributed by atoms with van der Waals surface area (Å²) < 4.78 is 5.37. The van der Waals surface area contributed by atoms with Crippen molar-refractivity contribution < 1.29 is 9.53 Å². The Morgan fingerprint density at radius 3 is 2.14 bits per heavy atom. The van der Waals surface area contributed by atoms with Crippen molar-refractivity contribution in [3.63, 3.8) is 0 Å². The number of nitrogens with zero attached hydrogens (tertiary/aromatic N) is 1. The Labute approximate surface area is 128 Å². The van der Waals surface area contributed by atoms with Crippen LogP contribution in [0.1, 0.15) is 58.3 Å². The van der Waals surface area contributed by atoms with Crippen LogP contribution in [0.2, 0.25) is 0 Å². The first-order chi connectivity index (χ1) is 10.2. The number of rotatable bonds is 4. The topological polar surface area (TPSA) is 29.5 Å². The lowest BCUT2D eigenvalue weighted by Gasteiger charge is -2.64. The number of esters is 1. The minimum atomic E-state index is 0.0527. The molecule has 21 heavy (non-hydrogen) atoms. The molecule has 0 N–H and O–H groups in total. The normalized spacial score (nSPS) is 45.2. The minimum Gasteiger partial charge on any atom is -0.466 e. The second kappa shape index (κ2) is 5.26. The summed E-state index contributed by atoms with van der Waals surface area (Å²) in [6.07, 6.45) is 10.3. The Bertz CT molecular complexity index is 385. The number of carbonyl (C=O) groups is 1. The van der Waals surface area contributed by atoms with Gasteiger partial charge >= 0.3 is 5.97 Å². The number of likely N-dealkylation sites (tertiary alicyclic amines) is 1. The van der Waals surface area contributed by atoms with E-state index < -0.39 is 0 Å². The molecule has 3 heteroatoms. The van der Waals surface area contributed by atoms with Crippen molar-refractivity contribution in [3.8, 4) is 0 Å². The van der Waals surface area contributed by atoms with Crippen LogP contribution in [0.25, 0.3) is 0 Å². The maximum absolute atomic E-state index is 12.3. The van der Waals surface area contributed by atoms with E-state index in [2.05, 4.69) is 4.90 Å². The molecule has 5 aliphatic rings. The fourth-order valence-corrected chi connectivity index (χ4v) is 6.49. The fourth-order valence-electron chi connectivity index (χ4n) is 6.49. The average Bonchev–Trinajstić information content (AvgIpc) is 2.97. The van der Waals surface area contributed by atoms with Crippen molar-refractivity contribution in [2.45, 2.75) is 63.8 Å². The molecule has 1 saturated heterocycles. The minimum absolute atomic E-state index is 0.0527. The third kappa shape index (κ3) is 2.15. The van der Waals surface area contributed by atoms with Gasteiger partial charge in [0.05, 0.1) is 13.0 Å². The molecule has 0 unspecified atom stereocenters. The van der Waals surface area contributed by atoms with Crippen LogP contribution in [0.5, 0.6) is 0 Å². The SMILES string of the molecule is CCOC(=O)CC1(N2CCCC2)C2CC3CC(C2)CC1C3. The second-order valence-electron chi connectivity index (χ2n) is 7.97. The molecular formula is C18H29NO2. The zero-order valence-electron chi connectivity index (χ0n) is 13.4. The van der Waals surface area contributed by atoms with Gasteiger partial charge in [-0.15, -0.1) is 0 Å². The summed E-state index contributed by atoms with van der Waals surface area (Å²) in [4.78, 5) is 15.1. The number of carbonyl (C=O) groups excluding carboxylic acids is 1. The first-order valence-corrected chi connectivity index (χ1v) is 9.13. The van der Waals surface area contributed by atoms with Crippen molar-refractivity contribution in [3.05, 3.63) is 0 Å². The van der Waals surface area contributed by atoms with E-state index in [1.54, 1.807) is 0 Å². The van der Waals surface area contributed by atoms with Gasteiger partial charge < -0.3 is 4.74 Å². The molecule has 0 aromatic carbocycles. The van der Waals surface area contributed by atoms with Crippen molar-refractivity contribution in [2.24, 2.45) is 23.7 Å². The van der Waals surface area contributed by atoms with Gasteiger partial charge in [-0.1, -0.05) is 0 Å². The lowest BCUT2D eigenvalue weighted by atomic mass is 9.47. The van der Waals surface area contributed by atoms with Crippen LogP contribution in [-0.2, 0) is 9.53 Å². The molecule has 0 radical (unpaired) electrons. The summed E-state index contributed by atoms with van der Waals surface area (Å²) in [6, 6.07) is 0. The van der Waals surface area contributed by atoms with E-state index in [9.17, 15) is 4.79 Å². The Morgan fingerprint density at radius 1 is 1.05 bits per heavy atom. The summed E-state index contributed by atoms with van der Waals surface area (Å²) in [6.45, 7) is 4.87. The summed E-state index contributed by atoms with van der Waals surface area (Å²) in [5.74, 6) is 3.50. The van der Waals surface area contributed by atoms with Gasteiger partial charge in [0.2, 0.25) is 0 Å². The molecule has 118 valence electrons. The van der Waals surface area contributed by atoms with Crippen LogP contribution in [0.15, 0.2) is 0 Å². The molecule has 3 nitrogen and oxygen atoms in total. The van der Waals surface area contributed by atoms with Crippen LogP contribution in [-0.4, -0.2) is 36.1 Å². The smallest absolute Gasteiger partial charge is 0.307 e. The highest BCUT2D eigenvalue weighted by Gasteiger charge is 2.60. The molecule has 4 aliphatic carbocycles. The summed E-state index contributed by atoms with van der Waals surface area (Å²) in [5, 5.41) is 0. The highest BCUT2D eigenvalue weighted by atomic mass is 16.5.